The third-order valence-electron chi connectivity index (χ3n) is 3.27. The van der Waals surface area contributed by atoms with Gasteiger partial charge in [0.05, 0.1) is 17.8 Å². The van der Waals surface area contributed by atoms with Crippen molar-refractivity contribution >= 4 is 23.8 Å². The van der Waals surface area contributed by atoms with Gasteiger partial charge < -0.3 is 9.84 Å². The standard InChI is InChI=1S/C14H25NO4S/c1-6-9(2)12-15(13(18)19-14(3,4)5)10(8-20-12)7-11(16)17/h9-10,12H,6-8H2,1-5H3,(H,16,17). The van der Waals surface area contributed by atoms with E-state index in [0.29, 0.717) is 11.7 Å². The fourth-order valence-corrected chi connectivity index (χ4v) is 3.78. The van der Waals surface area contributed by atoms with E-state index in [-0.39, 0.29) is 17.8 Å². The SMILES string of the molecule is CCC(C)C1SCC(CC(=O)O)N1C(=O)OC(C)(C)C. The number of hydrogen-bond donors (Lipinski definition) is 1. The van der Waals surface area contributed by atoms with Gasteiger partial charge in [0.15, 0.2) is 0 Å². The molecule has 0 aromatic rings. The lowest BCUT2D eigenvalue weighted by atomic mass is 10.1. The minimum Gasteiger partial charge on any atom is -0.481 e. The Labute approximate surface area is 125 Å². The van der Waals surface area contributed by atoms with E-state index >= 15 is 0 Å². The second-order valence-electron chi connectivity index (χ2n) is 6.25. The number of carbonyl (C=O) groups excluding carboxylic acids is 1. The molecule has 1 N–H and O–H groups in total. The summed E-state index contributed by atoms with van der Waals surface area (Å²) in [6.45, 7) is 9.61. The molecular formula is C14H25NO4S. The minimum atomic E-state index is -0.881. The molecule has 1 aliphatic rings. The second-order valence-corrected chi connectivity index (χ2v) is 7.40. The Morgan fingerprint density at radius 1 is 1.45 bits per heavy atom. The van der Waals surface area contributed by atoms with Gasteiger partial charge in [0.25, 0.3) is 0 Å². The van der Waals surface area contributed by atoms with Gasteiger partial charge in [-0.2, -0.15) is 0 Å². The van der Waals surface area contributed by atoms with E-state index in [1.54, 1.807) is 16.7 Å². The Morgan fingerprint density at radius 3 is 2.50 bits per heavy atom. The van der Waals surface area contributed by atoms with Crippen LogP contribution in [0.2, 0.25) is 0 Å². The van der Waals surface area contributed by atoms with Gasteiger partial charge >= 0.3 is 12.1 Å². The van der Waals surface area contributed by atoms with Crippen LogP contribution in [0.5, 0.6) is 0 Å². The van der Waals surface area contributed by atoms with E-state index < -0.39 is 17.7 Å². The summed E-state index contributed by atoms with van der Waals surface area (Å²) >= 11 is 1.65. The summed E-state index contributed by atoms with van der Waals surface area (Å²) in [5.41, 5.74) is -0.571. The molecule has 1 heterocycles. The highest BCUT2D eigenvalue weighted by Crippen LogP contribution is 2.37. The molecular weight excluding hydrogens is 278 g/mol. The van der Waals surface area contributed by atoms with Crippen LogP contribution in [0.15, 0.2) is 0 Å². The molecule has 1 aliphatic heterocycles. The van der Waals surface area contributed by atoms with Crippen molar-refractivity contribution in [3.63, 3.8) is 0 Å². The zero-order chi connectivity index (χ0) is 15.5. The lowest BCUT2D eigenvalue weighted by Crippen LogP contribution is -2.47. The lowest BCUT2D eigenvalue weighted by Gasteiger charge is -2.33. The highest BCUT2D eigenvalue weighted by atomic mass is 32.2. The molecule has 0 spiro atoms. The first kappa shape index (κ1) is 17.1. The van der Waals surface area contributed by atoms with Crippen LogP contribution in [0.1, 0.15) is 47.5 Å². The van der Waals surface area contributed by atoms with Crippen LogP contribution < -0.4 is 0 Å². The molecule has 0 aliphatic carbocycles. The van der Waals surface area contributed by atoms with Crippen LogP contribution in [0.3, 0.4) is 0 Å². The van der Waals surface area contributed by atoms with Crippen LogP contribution in [0, 0.1) is 5.92 Å². The Kier molecular flexibility index (Phi) is 5.74. The van der Waals surface area contributed by atoms with E-state index in [1.165, 1.54) is 0 Å². The number of carboxylic acids is 1. The van der Waals surface area contributed by atoms with Crippen molar-refractivity contribution in [2.24, 2.45) is 5.92 Å². The van der Waals surface area contributed by atoms with Crippen molar-refractivity contribution in [1.82, 2.24) is 4.90 Å². The van der Waals surface area contributed by atoms with E-state index in [1.807, 2.05) is 20.8 Å². The van der Waals surface area contributed by atoms with E-state index in [4.69, 9.17) is 9.84 Å². The Morgan fingerprint density at radius 2 is 2.05 bits per heavy atom. The average molecular weight is 303 g/mol. The fraction of sp³-hybridized carbons (Fsp3) is 0.857. The molecule has 0 aromatic carbocycles. The maximum atomic E-state index is 12.4. The molecule has 0 radical (unpaired) electrons. The summed E-state index contributed by atoms with van der Waals surface area (Å²) in [5.74, 6) is 0.0841. The van der Waals surface area contributed by atoms with Crippen molar-refractivity contribution in [2.75, 3.05) is 5.75 Å². The first-order valence-corrected chi connectivity index (χ1v) is 8.05. The molecule has 1 amide bonds. The molecule has 20 heavy (non-hydrogen) atoms. The summed E-state index contributed by atoms with van der Waals surface area (Å²) in [6, 6.07) is -0.286. The number of thioether (sulfide) groups is 1. The van der Waals surface area contributed by atoms with Gasteiger partial charge in [-0.15, -0.1) is 11.8 Å². The zero-order valence-corrected chi connectivity index (χ0v) is 13.7. The van der Waals surface area contributed by atoms with Gasteiger partial charge in [-0.1, -0.05) is 20.3 Å². The Balaban J connectivity index is 2.89. The molecule has 0 aromatic heterocycles. The largest absolute Gasteiger partial charge is 0.481 e. The number of nitrogens with zero attached hydrogens (tertiary/aromatic N) is 1. The van der Waals surface area contributed by atoms with Crippen LogP contribution in [-0.2, 0) is 9.53 Å². The number of aliphatic carboxylic acids is 1. The average Bonchev–Trinajstić information content (AvgIpc) is 2.68. The minimum absolute atomic E-state index is 0.000741. The molecule has 3 unspecified atom stereocenters. The molecule has 5 nitrogen and oxygen atoms in total. The number of rotatable bonds is 4. The molecule has 1 saturated heterocycles. The quantitative estimate of drug-likeness (QED) is 0.864. The smallest absolute Gasteiger partial charge is 0.411 e. The maximum Gasteiger partial charge on any atom is 0.411 e. The predicted molar refractivity (Wildman–Crippen MR) is 79.8 cm³/mol. The zero-order valence-electron chi connectivity index (χ0n) is 12.9. The van der Waals surface area contributed by atoms with E-state index in [2.05, 4.69) is 13.8 Å². The van der Waals surface area contributed by atoms with Crippen LogP contribution in [0.25, 0.3) is 0 Å². The third kappa shape index (κ3) is 4.58. The maximum absolute atomic E-state index is 12.4. The van der Waals surface area contributed by atoms with Crippen LogP contribution in [-0.4, -0.2) is 44.8 Å². The molecule has 1 rings (SSSR count). The second kappa shape index (κ2) is 6.70. The summed E-state index contributed by atoms with van der Waals surface area (Å²) in [5, 5.41) is 9.00. The summed E-state index contributed by atoms with van der Waals surface area (Å²) in [7, 11) is 0. The van der Waals surface area contributed by atoms with Crippen molar-refractivity contribution in [3.05, 3.63) is 0 Å². The van der Waals surface area contributed by atoms with Crippen LogP contribution >= 0.6 is 11.8 Å². The van der Waals surface area contributed by atoms with Crippen LogP contribution in [0.4, 0.5) is 4.79 Å². The first-order chi connectivity index (χ1) is 9.15. The van der Waals surface area contributed by atoms with E-state index in [9.17, 15) is 9.59 Å². The van der Waals surface area contributed by atoms with Gasteiger partial charge in [0.2, 0.25) is 0 Å². The number of hydrogen-bond acceptors (Lipinski definition) is 4. The van der Waals surface area contributed by atoms with Crippen molar-refractivity contribution < 1.29 is 19.4 Å². The number of ether oxygens (including phenoxy) is 1. The van der Waals surface area contributed by atoms with Crippen molar-refractivity contribution in [2.45, 2.75) is 64.5 Å². The van der Waals surface area contributed by atoms with E-state index in [0.717, 1.165) is 6.42 Å². The normalized spacial score (nSPS) is 24.6. The summed E-state index contributed by atoms with van der Waals surface area (Å²) in [4.78, 5) is 25.0. The van der Waals surface area contributed by atoms with Gasteiger partial charge in [-0.05, 0) is 26.7 Å². The Hall–Kier alpha value is -0.910. The summed E-state index contributed by atoms with van der Waals surface area (Å²) < 4.78 is 5.44. The highest BCUT2D eigenvalue weighted by Gasteiger charge is 2.42. The highest BCUT2D eigenvalue weighted by molar-refractivity contribution is 8.00. The molecule has 1 fully saturated rings. The Bertz CT molecular complexity index is 367. The van der Waals surface area contributed by atoms with Gasteiger partial charge in [0.1, 0.15) is 5.60 Å². The molecule has 6 heteroatoms. The third-order valence-corrected chi connectivity index (χ3v) is 4.88. The van der Waals surface area contributed by atoms with Crippen molar-refractivity contribution in [3.8, 4) is 0 Å². The number of amides is 1. The monoisotopic (exact) mass is 303 g/mol. The topological polar surface area (TPSA) is 66.8 Å². The van der Waals surface area contributed by atoms with Gasteiger partial charge in [-0.3, -0.25) is 9.69 Å². The lowest BCUT2D eigenvalue weighted by molar-refractivity contribution is -0.138. The summed E-state index contributed by atoms with van der Waals surface area (Å²) in [6.07, 6.45) is 0.509. The molecule has 0 saturated carbocycles. The number of carbonyl (C=O) groups is 2. The van der Waals surface area contributed by atoms with Gasteiger partial charge in [-0.25, -0.2) is 4.79 Å². The molecule has 3 atom stereocenters. The fourth-order valence-electron chi connectivity index (χ4n) is 2.14. The molecule has 0 bridgehead atoms. The predicted octanol–water partition coefficient (Wildman–Crippen LogP) is 3.19. The first-order valence-electron chi connectivity index (χ1n) is 7.00. The van der Waals surface area contributed by atoms with Crippen molar-refractivity contribution in [1.29, 1.82) is 0 Å². The molecule has 116 valence electrons. The van der Waals surface area contributed by atoms with Gasteiger partial charge in [0, 0.05) is 5.75 Å². The number of carboxylic acid groups (broad SMARTS) is 1.